The van der Waals surface area contributed by atoms with E-state index in [4.69, 9.17) is 0 Å². The zero-order chi connectivity index (χ0) is 10.8. The van der Waals surface area contributed by atoms with Gasteiger partial charge in [-0.1, -0.05) is 11.3 Å². The summed E-state index contributed by atoms with van der Waals surface area (Å²) in [5.74, 6) is 0. The molecule has 0 fully saturated rings. The molecule has 0 aromatic carbocycles. The van der Waals surface area contributed by atoms with Crippen molar-refractivity contribution in [3.8, 4) is 10.7 Å². The monoisotopic (exact) mass is 332 g/mol. The van der Waals surface area contributed by atoms with Crippen LogP contribution in [-0.2, 0) is 0 Å². The van der Waals surface area contributed by atoms with E-state index in [1.807, 2.05) is 37.3 Å². The first-order valence-corrected chi connectivity index (χ1v) is 6.19. The van der Waals surface area contributed by atoms with Crippen LogP contribution in [0.2, 0.25) is 0 Å². The number of anilines is 1. The predicted molar refractivity (Wildman–Crippen MR) is 70.2 cm³/mol. The highest BCUT2D eigenvalue weighted by Gasteiger charge is 2.08. The third-order valence-corrected chi connectivity index (χ3v) is 3.50. The van der Waals surface area contributed by atoms with Crippen molar-refractivity contribution in [3.05, 3.63) is 21.9 Å². The zero-order valence-corrected chi connectivity index (χ0v) is 11.3. The molecule has 0 bridgehead atoms. The number of hydrogen-bond acceptors (Lipinski definition) is 5. The molecule has 78 valence electrons. The third kappa shape index (κ3) is 2.43. The van der Waals surface area contributed by atoms with Gasteiger partial charge in [-0.3, -0.25) is 4.98 Å². The minimum absolute atomic E-state index is 0.857. The molecule has 4 nitrogen and oxygen atoms in total. The van der Waals surface area contributed by atoms with Gasteiger partial charge in [0.25, 0.3) is 0 Å². The van der Waals surface area contributed by atoms with Gasteiger partial charge >= 0.3 is 0 Å². The Balaban J connectivity index is 2.33. The van der Waals surface area contributed by atoms with Crippen molar-refractivity contribution in [2.75, 3.05) is 19.0 Å². The minimum Gasteiger partial charge on any atom is -0.353 e. The third-order valence-electron chi connectivity index (χ3n) is 1.74. The number of pyridine rings is 1. The van der Waals surface area contributed by atoms with Gasteiger partial charge in [0.05, 0.1) is 0 Å². The van der Waals surface area contributed by atoms with Gasteiger partial charge in [0.2, 0.25) is 5.13 Å². The van der Waals surface area contributed by atoms with Gasteiger partial charge in [-0.15, -0.1) is 10.2 Å². The van der Waals surface area contributed by atoms with Gasteiger partial charge in [-0.2, -0.15) is 0 Å². The maximum absolute atomic E-state index is 4.30. The van der Waals surface area contributed by atoms with Gasteiger partial charge in [0, 0.05) is 23.9 Å². The van der Waals surface area contributed by atoms with Crippen LogP contribution in [0.1, 0.15) is 0 Å². The smallest absolute Gasteiger partial charge is 0.208 e. The van der Waals surface area contributed by atoms with Gasteiger partial charge in [-0.05, 0) is 34.7 Å². The Bertz CT molecular complexity index is 451. The highest BCUT2D eigenvalue weighted by atomic mass is 127. The molecule has 0 saturated carbocycles. The Labute approximate surface area is 106 Å². The van der Waals surface area contributed by atoms with Gasteiger partial charge < -0.3 is 4.90 Å². The maximum Gasteiger partial charge on any atom is 0.208 e. The normalized spacial score (nSPS) is 10.3. The summed E-state index contributed by atoms with van der Waals surface area (Å²) in [5.41, 5.74) is 0.876. The number of rotatable bonds is 2. The van der Waals surface area contributed by atoms with Crippen LogP contribution < -0.4 is 4.90 Å². The summed E-state index contributed by atoms with van der Waals surface area (Å²) in [6.45, 7) is 0. The quantitative estimate of drug-likeness (QED) is 0.792. The van der Waals surface area contributed by atoms with Crippen molar-refractivity contribution < 1.29 is 0 Å². The number of aromatic nitrogens is 3. The molecule has 6 heteroatoms. The SMILES string of the molecule is CN(C)c1nnc(-c2ccc(I)cn2)s1. The van der Waals surface area contributed by atoms with Crippen molar-refractivity contribution in [1.29, 1.82) is 0 Å². The van der Waals surface area contributed by atoms with Crippen LogP contribution in [0, 0.1) is 3.57 Å². The molecule has 15 heavy (non-hydrogen) atoms. The molecule has 0 atom stereocenters. The molecule has 0 unspecified atom stereocenters. The van der Waals surface area contributed by atoms with Crippen molar-refractivity contribution in [2.24, 2.45) is 0 Å². The maximum atomic E-state index is 4.30. The molecule has 2 aromatic heterocycles. The van der Waals surface area contributed by atoms with Crippen molar-refractivity contribution in [2.45, 2.75) is 0 Å². The van der Waals surface area contributed by atoms with Crippen molar-refractivity contribution >= 4 is 39.1 Å². The first-order valence-electron chi connectivity index (χ1n) is 4.29. The van der Waals surface area contributed by atoms with E-state index < -0.39 is 0 Å². The fourth-order valence-corrected chi connectivity index (χ4v) is 2.07. The van der Waals surface area contributed by atoms with Gasteiger partial charge in [-0.25, -0.2) is 0 Å². The summed E-state index contributed by atoms with van der Waals surface area (Å²) in [4.78, 5) is 6.24. The molecule has 0 N–H and O–H groups in total. The van der Waals surface area contributed by atoms with E-state index in [1.54, 1.807) is 0 Å². The lowest BCUT2D eigenvalue weighted by Crippen LogP contribution is -2.07. The first-order chi connectivity index (χ1) is 7.16. The van der Waals surface area contributed by atoms with E-state index in [9.17, 15) is 0 Å². The molecule has 0 amide bonds. The topological polar surface area (TPSA) is 41.9 Å². The Morgan fingerprint density at radius 1 is 1.27 bits per heavy atom. The average molecular weight is 332 g/mol. The second-order valence-electron chi connectivity index (χ2n) is 3.15. The van der Waals surface area contributed by atoms with E-state index in [0.29, 0.717) is 0 Å². The van der Waals surface area contributed by atoms with Gasteiger partial charge in [0.15, 0.2) is 5.01 Å². The minimum atomic E-state index is 0.857. The summed E-state index contributed by atoms with van der Waals surface area (Å²) >= 11 is 3.77. The molecule has 0 aliphatic heterocycles. The number of halogens is 1. The fraction of sp³-hybridized carbons (Fsp3) is 0.222. The lowest BCUT2D eigenvalue weighted by Gasteiger charge is -2.03. The van der Waals surface area contributed by atoms with Gasteiger partial charge in [0.1, 0.15) is 5.69 Å². The Morgan fingerprint density at radius 3 is 2.60 bits per heavy atom. The highest BCUT2D eigenvalue weighted by molar-refractivity contribution is 14.1. The molecule has 2 aromatic rings. The highest BCUT2D eigenvalue weighted by Crippen LogP contribution is 2.26. The summed E-state index contributed by atoms with van der Waals surface area (Å²) in [6.07, 6.45) is 1.83. The van der Waals surface area contributed by atoms with Crippen LogP contribution in [0.4, 0.5) is 5.13 Å². The van der Waals surface area contributed by atoms with Crippen LogP contribution in [0.5, 0.6) is 0 Å². The largest absolute Gasteiger partial charge is 0.353 e. The summed E-state index contributed by atoms with van der Waals surface area (Å²) in [6, 6.07) is 3.97. The molecule has 0 spiro atoms. The van der Waals surface area contributed by atoms with Crippen LogP contribution in [-0.4, -0.2) is 29.3 Å². The number of nitrogens with zero attached hydrogens (tertiary/aromatic N) is 4. The van der Waals surface area contributed by atoms with E-state index in [0.717, 1.165) is 19.4 Å². The zero-order valence-electron chi connectivity index (χ0n) is 8.31. The Hall–Kier alpha value is -0.760. The molecule has 2 heterocycles. The summed E-state index contributed by atoms with van der Waals surface area (Å²) in [5, 5.41) is 9.92. The molecular weight excluding hydrogens is 323 g/mol. The lowest BCUT2D eigenvalue weighted by molar-refractivity contribution is 1.02. The van der Waals surface area contributed by atoms with Crippen LogP contribution in [0.25, 0.3) is 10.7 Å². The number of hydrogen-bond donors (Lipinski definition) is 0. The molecular formula is C9H9IN4S. The van der Waals surface area contributed by atoms with Crippen molar-refractivity contribution in [3.63, 3.8) is 0 Å². The standard InChI is InChI=1S/C9H9IN4S/c1-14(2)9-13-12-8(15-9)7-4-3-6(10)5-11-7/h3-5H,1-2H3. The van der Waals surface area contributed by atoms with E-state index in [2.05, 4.69) is 37.8 Å². The second kappa shape index (κ2) is 4.40. The van der Waals surface area contributed by atoms with Crippen LogP contribution in [0.15, 0.2) is 18.3 Å². The van der Waals surface area contributed by atoms with Crippen LogP contribution in [0.3, 0.4) is 0 Å². The molecule has 0 radical (unpaired) electrons. The predicted octanol–water partition coefficient (Wildman–Crippen LogP) is 2.27. The summed E-state index contributed by atoms with van der Waals surface area (Å²) in [7, 11) is 3.90. The van der Waals surface area contributed by atoms with E-state index in [-0.39, 0.29) is 0 Å². The summed E-state index contributed by atoms with van der Waals surface area (Å²) < 4.78 is 1.12. The average Bonchev–Trinajstić information content (AvgIpc) is 2.68. The van der Waals surface area contributed by atoms with E-state index >= 15 is 0 Å². The Morgan fingerprint density at radius 2 is 2.07 bits per heavy atom. The fourth-order valence-electron chi connectivity index (χ4n) is 1.00. The van der Waals surface area contributed by atoms with Crippen molar-refractivity contribution in [1.82, 2.24) is 15.2 Å². The molecule has 2 rings (SSSR count). The first kappa shape index (κ1) is 10.7. The molecule has 0 saturated heterocycles. The molecule has 0 aliphatic carbocycles. The van der Waals surface area contributed by atoms with E-state index in [1.165, 1.54) is 11.3 Å². The van der Waals surface area contributed by atoms with Crippen LogP contribution >= 0.6 is 33.9 Å². The molecule has 0 aliphatic rings. The lowest BCUT2D eigenvalue weighted by atomic mass is 10.4. The Kier molecular flexibility index (Phi) is 3.15. The second-order valence-corrected chi connectivity index (χ2v) is 5.35.